The molecule has 0 saturated heterocycles. The molecular weight excluding hydrogens is 488 g/mol. The third-order valence-electron chi connectivity index (χ3n) is 6.17. The van der Waals surface area contributed by atoms with E-state index >= 15 is 0 Å². The van der Waals surface area contributed by atoms with Gasteiger partial charge in [-0.15, -0.1) is 0 Å². The number of rotatable bonds is 6. The fourth-order valence-corrected chi connectivity index (χ4v) is 4.42. The van der Waals surface area contributed by atoms with Gasteiger partial charge < -0.3 is 15.6 Å². The Morgan fingerprint density at radius 2 is 1.70 bits per heavy atom. The van der Waals surface area contributed by atoms with Crippen LogP contribution in [-0.2, 0) is 4.79 Å². The van der Waals surface area contributed by atoms with E-state index in [9.17, 15) is 14.4 Å². The molecule has 184 valence electrons. The number of benzene rings is 3. The minimum Gasteiger partial charge on any atom is -0.360 e. The standard InChI is InChI=1S/C29H23ClN4O3/c1-18-6-2-3-7-22(18)27(33-28(36)19-9-14-23-24(30)17-31-25(23)16-19)29(37)32-20-10-12-21(13-11-20)34-15-5-4-8-26(34)35/h2-17,27,31H,1H3,(H,32,37)(H,33,36). The van der Waals surface area contributed by atoms with Crippen molar-refractivity contribution in [1.82, 2.24) is 14.9 Å². The van der Waals surface area contributed by atoms with Crippen LogP contribution in [0.5, 0.6) is 0 Å². The molecule has 0 bridgehead atoms. The van der Waals surface area contributed by atoms with Crippen LogP contribution in [0, 0.1) is 6.92 Å². The van der Waals surface area contributed by atoms with E-state index in [-0.39, 0.29) is 5.56 Å². The second-order valence-electron chi connectivity index (χ2n) is 8.61. The molecule has 1 unspecified atom stereocenters. The van der Waals surface area contributed by atoms with Crippen molar-refractivity contribution in [2.45, 2.75) is 13.0 Å². The summed E-state index contributed by atoms with van der Waals surface area (Å²) in [5.74, 6) is -0.786. The highest BCUT2D eigenvalue weighted by Crippen LogP contribution is 2.25. The number of nitrogens with one attached hydrogen (secondary N) is 3. The Hall–Kier alpha value is -4.62. The molecule has 0 saturated carbocycles. The number of carbonyl (C=O) groups is 2. The van der Waals surface area contributed by atoms with Crippen molar-refractivity contribution in [1.29, 1.82) is 0 Å². The van der Waals surface area contributed by atoms with Crippen LogP contribution in [0.3, 0.4) is 0 Å². The highest BCUT2D eigenvalue weighted by atomic mass is 35.5. The second kappa shape index (κ2) is 10.2. The number of H-pyrrole nitrogens is 1. The zero-order valence-electron chi connectivity index (χ0n) is 19.9. The lowest BCUT2D eigenvalue weighted by atomic mass is 10.00. The average Bonchev–Trinajstić information content (AvgIpc) is 3.28. The van der Waals surface area contributed by atoms with Gasteiger partial charge in [-0.25, -0.2) is 0 Å². The van der Waals surface area contributed by atoms with Gasteiger partial charge in [0.05, 0.1) is 5.02 Å². The lowest BCUT2D eigenvalue weighted by molar-refractivity contribution is -0.118. The summed E-state index contributed by atoms with van der Waals surface area (Å²) in [5.41, 5.74) is 3.74. The Labute approximate surface area is 217 Å². The molecule has 0 aliphatic heterocycles. The number of amides is 2. The number of carbonyl (C=O) groups excluding carboxylic acids is 2. The Kier molecular flexibility index (Phi) is 6.62. The van der Waals surface area contributed by atoms with Crippen LogP contribution >= 0.6 is 11.6 Å². The van der Waals surface area contributed by atoms with Gasteiger partial charge in [0.25, 0.3) is 17.4 Å². The number of halogens is 1. The van der Waals surface area contributed by atoms with E-state index in [1.165, 1.54) is 10.6 Å². The number of aromatic amines is 1. The average molecular weight is 511 g/mol. The van der Waals surface area contributed by atoms with Crippen molar-refractivity contribution in [3.63, 3.8) is 0 Å². The van der Waals surface area contributed by atoms with Crippen molar-refractivity contribution in [2.24, 2.45) is 0 Å². The van der Waals surface area contributed by atoms with Gasteiger partial charge >= 0.3 is 0 Å². The van der Waals surface area contributed by atoms with E-state index in [1.54, 1.807) is 67.0 Å². The first-order valence-corrected chi connectivity index (χ1v) is 12.0. The van der Waals surface area contributed by atoms with Crippen LogP contribution < -0.4 is 16.2 Å². The third-order valence-corrected chi connectivity index (χ3v) is 6.48. The smallest absolute Gasteiger partial charge is 0.255 e. The van der Waals surface area contributed by atoms with E-state index in [2.05, 4.69) is 15.6 Å². The minimum absolute atomic E-state index is 0.151. The van der Waals surface area contributed by atoms with Crippen LogP contribution in [0.1, 0.15) is 27.5 Å². The second-order valence-corrected chi connectivity index (χ2v) is 9.01. The van der Waals surface area contributed by atoms with Crippen LogP contribution in [0.4, 0.5) is 5.69 Å². The predicted octanol–water partition coefficient (Wildman–Crippen LogP) is 5.39. The molecule has 0 spiro atoms. The molecule has 0 fully saturated rings. The van der Waals surface area contributed by atoms with E-state index in [4.69, 9.17) is 11.6 Å². The maximum Gasteiger partial charge on any atom is 0.255 e. The summed E-state index contributed by atoms with van der Waals surface area (Å²) in [7, 11) is 0. The summed E-state index contributed by atoms with van der Waals surface area (Å²) >= 11 is 6.16. The Balaban J connectivity index is 1.40. The van der Waals surface area contributed by atoms with Gasteiger partial charge in [-0.2, -0.15) is 0 Å². The Bertz CT molecular complexity index is 1670. The number of fused-ring (bicyclic) bond motifs is 1. The largest absolute Gasteiger partial charge is 0.360 e. The van der Waals surface area contributed by atoms with Crippen molar-refractivity contribution < 1.29 is 9.59 Å². The molecule has 8 heteroatoms. The molecule has 0 aliphatic carbocycles. The van der Waals surface area contributed by atoms with Crippen LogP contribution in [-0.4, -0.2) is 21.4 Å². The number of anilines is 1. The van der Waals surface area contributed by atoms with Crippen molar-refractivity contribution in [2.75, 3.05) is 5.32 Å². The van der Waals surface area contributed by atoms with Crippen LogP contribution in [0.15, 0.2) is 102 Å². The van der Waals surface area contributed by atoms with Crippen molar-refractivity contribution in [3.05, 3.63) is 129 Å². The van der Waals surface area contributed by atoms with Crippen molar-refractivity contribution >= 4 is 40.0 Å². The molecule has 5 rings (SSSR count). The summed E-state index contributed by atoms with van der Waals surface area (Å²) in [6, 6.07) is 23.5. The zero-order chi connectivity index (χ0) is 25.9. The topological polar surface area (TPSA) is 96.0 Å². The van der Waals surface area contributed by atoms with Gasteiger partial charge in [-0.05, 0) is 60.5 Å². The van der Waals surface area contributed by atoms with E-state index in [1.807, 2.05) is 31.2 Å². The Morgan fingerprint density at radius 1 is 0.946 bits per heavy atom. The maximum atomic E-state index is 13.5. The monoisotopic (exact) mass is 510 g/mol. The SMILES string of the molecule is Cc1ccccc1C(NC(=O)c1ccc2c(Cl)c[nH]c2c1)C(=O)Nc1ccc(-n2ccccc2=O)cc1. The molecule has 3 aromatic carbocycles. The van der Waals surface area contributed by atoms with Gasteiger partial charge in [-0.3, -0.25) is 19.0 Å². The zero-order valence-corrected chi connectivity index (χ0v) is 20.6. The number of aryl methyl sites for hydroxylation is 1. The highest BCUT2D eigenvalue weighted by Gasteiger charge is 2.25. The predicted molar refractivity (Wildman–Crippen MR) is 145 cm³/mol. The van der Waals surface area contributed by atoms with Gasteiger partial charge in [-0.1, -0.05) is 48.0 Å². The highest BCUT2D eigenvalue weighted by molar-refractivity contribution is 6.35. The number of hydrogen-bond donors (Lipinski definition) is 3. The maximum absolute atomic E-state index is 13.5. The first-order chi connectivity index (χ1) is 17.9. The summed E-state index contributed by atoms with van der Waals surface area (Å²) in [6.07, 6.45) is 3.34. The number of nitrogens with zero attached hydrogens (tertiary/aromatic N) is 1. The molecular formula is C29H23ClN4O3. The lowest BCUT2D eigenvalue weighted by Gasteiger charge is -2.21. The normalized spacial score (nSPS) is 11.7. The van der Waals surface area contributed by atoms with Gasteiger partial charge in [0.1, 0.15) is 6.04 Å². The summed E-state index contributed by atoms with van der Waals surface area (Å²) < 4.78 is 1.51. The first kappa shape index (κ1) is 24.1. The molecule has 2 amide bonds. The van der Waals surface area contributed by atoms with Gasteiger partial charge in [0.15, 0.2) is 0 Å². The first-order valence-electron chi connectivity index (χ1n) is 11.6. The number of aromatic nitrogens is 2. The molecule has 0 aliphatic rings. The molecule has 1 atom stereocenters. The van der Waals surface area contributed by atoms with E-state index < -0.39 is 17.9 Å². The minimum atomic E-state index is -0.937. The number of hydrogen-bond acceptors (Lipinski definition) is 3. The van der Waals surface area contributed by atoms with E-state index in [0.717, 1.165) is 16.5 Å². The van der Waals surface area contributed by atoms with Gasteiger partial charge in [0.2, 0.25) is 0 Å². The lowest BCUT2D eigenvalue weighted by Crippen LogP contribution is -2.37. The summed E-state index contributed by atoms with van der Waals surface area (Å²) in [6.45, 7) is 1.89. The third kappa shape index (κ3) is 5.03. The van der Waals surface area contributed by atoms with E-state index in [0.29, 0.717) is 27.5 Å². The summed E-state index contributed by atoms with van der Waals surface area (Å²) in [4.78, 5) is 41.8. The quantitative estimate of drug-likeness (QED) is 0.286. The Morgan fingerprint density at radius 3 is 2.46 bits per heavy atom. The number of pyridine rings is 1. The van der Waals surface area contributed by atoms with Crippen LogP contribution in [0.2, 0.25) is 5.02 Å². The molecule has 2 aromatic heterocycles. The fraction of sp³-hybridized carbons (Fsp3) is 0.0690. The molecule has 7 nitrogen and oxygen atoms in total. The molecule has 5 aromatic rings. The molecule has 2 heterocycles. The fourth-order valence-electron chi connectivity index (χ4n) is 4.20. The molecule has 0 radical (unpaired) electrons. The molecule has 37 heavy (non-hydrogen) atoms. The van der Waals surface area contributed by atoms with Gasteiger partial charge in [0, 0.05) is 46.3 Å². The van der Waals surface area contributed by atoms with Crippen LogP contribution in [0.25, 0.3) is 16.6 Å². The summed E-state index contributed by atoms with van der Waals surface area (Å²) in [5, 5.41) is 7.15. The molecule has 3 N–H and O–H groups in total. The van der Waals surface area contributed by atoms with Crippen molar-refractivity contribution in [3.8, 4) is 5.69 Å².